The smallest absolute Gasteiger partial charge is 0.217 e. The van der Waals surface area contributed by atoms with Gasteiger partial charge in [-0.2, -0.15) is 0 Å². The number of hydrogen-bond donors (Lipinski definition) is 2. The van der Waals surface area contributed by atoms with Crippen LogP contribution in [0.25, 0.3) is 10.6 Å². The number of likely N-dealkylation sites (tertiary alicyclic amines) is 1. The van der Waals surface area contributed by atoms with Crippen LogP contribution >= 0.6 is 46.7 Å². The van der Waals surface area contributed by atoms with E-state index in [2.05, 4.69) is 39.6 Å². The highest BCUT2D eigenvalue weighted by Gasteiger charge is 2.23. The molecule has 3 rings (SSSR count). The first-order valence-corrected chi connectivity index (χ1v) is 11.6. The molecule has 0 saturated carbocycles. The molecule has 2 aromatic rings. The maximum Gasteiger partial charge on any atom is 0.217 e. The van der Waals surface area contributed by atoms with Gasteiger partial charge in [0.05, 0.1) is 15.6 Å². The Bertz CT molecular complexity index is 819. The van der Waals surface area contributed by atoms with Crippen molar-refractivity contribution in [1.29, 1.82) is 0 Å². The number of thiophene rings is 1. The van der Waals surface area contributed by atoms with Crippen molar-refractivity contribution < 1.29 is 4.79 Å². The number of carbonyl (C=O) groups is 1. The zero-order valence-corrected chi connectivity index (χ0v) is 21.0. The molecule has 0 aliphatic carbocycles. The van der Waals surface area contributed by atoms with Crippen LogP contribution in [0.3, 0.4) is 0 Å². The third-order valence-corrected chi connectivity index (χ3v) is 6.74. The number of halogens is 1. The van der Waals surface area contributed by atoms with Gasteiger partial charge in [0.2, 0.25) is 5.91 Å². The summed E-state index contributed by atoms with van der Waals surface area (Å²) in [5.41, 5.74) is 6.46. The molecular formula is C20H30IN5OS2. The van der Waals surface area contributed by atoms with Crippen LogP contribution in [0.4, 0.5) is 0 Å². The van der Waals surface area contributed by atoms with Crippen LogP contribution in [0.5, 0.6) is 0 Å². The van der Waals surface area contributed by atoms with Gasteiger partial charge in [-0.15, -0.1) is 46.7 Å². The summed E-state index contributed by atoms with van der Waals surface area (Å²) >= 11 is 3.48. The lowest BCUT2D eigenvalue weighted by Crippen LogP contribution is -2.47. The number of nitrogens with two attached hydrogens (primary N) is 1. The van der Waals surface area contributed by atoms with Gasteiger partial charge in [0.25, 0.3) is 0 Å². The number of guanidine groups is 1. The van der Waals surface area contributed by atoms with E-state index in [4.69, 9.17) is 10.7 Å². The van der Waals surface area contributed by atoms with Gasteiger partial charge in [-0.1, -0.05) is 0 Å². The maximum absolute atomic E-state index is 11.3. The molecule has 3 N–H and O–H groups in total. The number of rotatable bonds is 7. The minimum atomic E-state index is -0.211. The van der Waals surface area contributed by atoms with Gasteiger partial charge in [0, 0.05) is 49.3 Å². The van der Waals surface area contributed by atoms with E-state index in [0.29, 0.717) is 12.3 Å². The van der Waals surface area contributed by atoms with Crippen molar-refractivity contribution in [3.8, 4) is 10.6 Å². The van der Waals surface area contributed by atoms with Gasteiger partial charge in [0.1, 0.15) is 0 Å². The Morgan fingerprint density at radius 1 is 1.45 bits per heavy atom. The molecule has 1 atom stereocenters. The standard InChI is InChI=1S/C20H29N5OS2.HI/c1-3-22-20(25-10-4-5-15(12-25)11-19(21)26)23-9-8-16-6-7-18(28-16)17-13-27-14(2)24-17;/h6-7,13,15H,3-5,8-12H2,1-2H3,(H2,21,26)(H,22,23);1H. The van der Waals surface area contributed by atoms with E-state index in [1.807, 2.05) is 6.92 Å². The van der Waals surface area contributed by atoms with E-state index >= 15 is 0 Å². The first-order chi connectivity index (χ1) is 13.5. The summed E-state index contributed by atoms with van der Waals surface area (Å²) in [6, 6.07) is 4.34. The Labute approximate surface area is 198 Å². The van der Waals surface area contributed by atoms with E-state index < -0.39 is 0 Å². The van der Waals surface area contributed by atoms with Gasteiger partial charge < -0.3 is 16.0 Å². The molecule has 3 heterocycles. The fraction of sp³-hybridized carbons (Fsp3) is 0.550. The highest BCUT2D eigenvalue weighted by Crippen LogP contribution is 2.29. The minimum Gasteiger partial charge on any atom is -0.370 e. The summed E-state index contributed by atoms with van der Waals surface area (Å²) in [5, 5.41) is 6.62. The highest BCUT2D eigenvalue weighted by molar-refractivity contribution is 14.0. The molecule has 2 aromatic heterocycles. The summed E-state index contributed by atoms with van der Waals surface area (Å²) in [7, 11) is 0. The van der Waals surface area contributed by atoms with Gasteiger partial charge in [-0.05, 0) is 44.7 Å². The van der Waals surface area contributed by atoms with E-state index in [9.17, 15) is 4.79 Å². The Kier molecular flexibility index (Phi) is 9.84. The van der Waals surface area contributed by atoms with E-state index in [0.717, 1.165) is 62.1 Å². The Balaban J connectivity index is 0.00000300. The number of nitrogens with zero attached hydrogens (tertiary/aromatic N) is 3. The molecule has 1 aliphatic rings. The highest BCUT2D eigenvalue weighted by atomic mass is 127. The molecule has 0 spiro atoms. The van der Waals surface area contributed by atoms with Crippen LogP contribution in [-0.4, -0.2) is 47.9 Å². The van der Waals surface area contributed by atoms with Crippen LogP contribution in [0.1, 0.15) is 36.1 Å². The van der Waals surface area contributed by atoms with E-state index in [1.54, 1.807) is 22.7 Å². The van der Waals surface area contributed by atoms with Crippen LogP contribution in [0, 0.1) is 12.8 Å². The summed E-state index contributed by atoms with van der Waals surface area (Å²) in [5.74, 6) is 1.07. The number of nitrogens with one attached hydrogen (secondary N) is 1. The van der Waals surface area contributed by atoms with Crippen molar-refractivity contribution in [2.24, 2.45) is 16.6 Å². The number of carbonyl (C=O) groups excluding carboxylic acids is 1. The summed E-state index contributed by atoms with van der Waals surface area (Å²) < 4.78 is 0. The molecule has 29 heavy (non-hydrogen) atoms. The normalized spacial score (nSPS) is 17.1. The number of piperidine rings is 1. The van der Waals surface area contributed by atoms with Crippen molar-refractivity contribution >= 4 is 58.5 Å². The lowest BCUT2D eigenvalue weighted by molar-refractivity contribution is -0.119. The third kappa shape index (κ3) is 7.21. The topological polar surface area (TPSA) is 83.6 Å². The third-order valence-electron chi connectivity index (χ3n) is 4.80. The molecule has 160 valence electrons. The molecule has 9 heteroatoms. The Morgan fingerprint density at radius 2 is 2.28 bits per heavy atom. The number of hydrogen-bond acceptors (Lipinski definition) is 5. The zero-order chi connectivity index (χ0) is 19.9. The van der Waals surface area contributed by atoms with Gasteiger partial charge in [-0.25, -0.2) is 4.98 Å². The molecule has 0 radical (unpaired) electrons. The number of aryl methyl sites for hydroxylation is 1. The van der Waals surface area contributed by atoms with Crippen molar-refractivity contribution in [3.05, 3.63) is 27.4 Å². The SMILES string of the molecule is CCNC(=NCCc1ccc(-c2csc(C)n2)s1)N1CCCC(CC(N)=O)C1.I. The monoisotopic (exact) mass is 547 g/mol. The molecule has 1 aliphatic heterocycles. The second-order valence-electron chi connectivity index (χ2n) is 7.13. The molecule has 1 fully saturated rings. The maximum atomic E-state index is 11.3. The molecule has 0 aromatic carbocycles. The summed E-state index contributed by atoms with van der Waals surface area (Å²) in [6.07, 6.45) is 3.52. The molecule has 1 unspecified atom stereocenters. The molecular weight excluding hydrogens is 517 g/mol. The van der Waals surface area contributed by atoms with Crippen molar-refractivity contribution in [2.45, 2.75) is 39.5 Å². The first-order valence-electron chi connectivity index (χ1n) is 9.88. The number of thiazole rings is 1. The second kappa shape index (κ2) is 11.8. The summed E-state index contributed by atoms with van der Waals surface area (Å²) in [4.78, 5) is 25.5. The van der Waals surface area contributed by atoms with Crippen molar-refractivity contribution in [1.82, 2.24) is 15.2 Å². The van der Waals surface area contributed by atoms with Gasteiger partial charge >= 0.3 is 0 Å². The van der Waals surface area contributed by atoms with Crippen molar-refractivity contribution in [2.75, 3.05) is 26.2 Å². The van der Waals surface area contributed by atoms with Gasteiger partial charge in [-0.3, -0.25) is 9.79 Å². The van der Waals surface area contributed by atoms with E-state index in [-0.39, 0.29) is 29.9 Å². The van der Waals surface area contributed by atoms with Crippen LogP contribution in [-0.2, 0) is 11.2 Å². The van der Waals surface area contributed by atoms with E-state index in [1.165, 1.54) is 9.75 Å². The predicted octanol–water partition coefficient (Wildman–Crippen LogP) is 3.89. The average molecular weight is 548 g/mol. The quantitative estimate of drug-likeness (QED) is 0.313. The number of amides is 1. The molecule has 0 bridgehead atoms. The Morgan fingerprint density at radius 3 is 2.97 bits per heavy atom. The first kappa shape index (κ1) is 24.1. The van der Waals surface area contributed by atoms with Crippen LogP contribution in [0.15, 0.2) is 22.5 Å². The number of aromatic nitrogens is 1. The molecule has 1 saturated heterocycles. The number of primary amides is 1. The number of aliphatic imine (C=N–C) groups is 1. The lowest BCUT2D eigenvalue weighted by atomic mass is 9.95. The van der Waals surface area contributed by atoms with Crippen molar-refractivity contribution in [3.63, 3.8) is 0 Å². The molecule has 6 nitrogen and oxygen atoms in total. The van der Waals surface area contributed by atoms with Crippen LogP contribution in [0.2, 0.25) is 0 Å². The predicted molar refractivity (Wildman–Crippen MR) is 133 cm³/mol. The van der Waals surface area contributed by atoms with Gasteiger partial charge in [0.15, 0.2) is 5.96 Å². The second-order valence-corrected chi connectivity index (χ2v) is 9.36. The molecule has 1 amide bonds. The lowest BCUT2D eigenvalue weighted by Gasteiger charge is -2.34. The summed E-state index contributed by atoms with van der Waals surface area (Å²) in [6.45, 7) is 7.53. The largest absolute Gasteiger partial charge is 0.370 e. The van der Waals surface area contributed by atoms with Crippen LogP contribution < -0.4 is 11.1 Å². The fourth-order valence-corrected chi connectivity index (χ4v) is 5.18. The minimum absolute atomic E-state index is 0. The zero-order valence-electron chi connectivity index (χ0n) is 17.0. The fourth-order valence-electron chi connectivity index (χ4n) is 3.53. The Hall–Kier alpha value is -1.20. The average Bonchev–Trinajstić information content (AvgIpc) is 3.29.